The molecule has 0 N–H and O–H groups in total. The maximum Gasteiger partial charge on any atom is 0.305 e. The van der Waals surface area contributed by atoms with Crippen molar-refractivity contribution in [3.8, 4) is 0 Å². The van der Waals surface area contributed by atoms with Crippen molar-refractivity contribution in [2.75, 3.05) is 31.0 Å². The first kappa shape index (κ1) is 15.8. The molecule has 0 fully saturated rings. The summed E-state index contributed by atoms with van der Waals surface area (Å²) in [6.07, 6.45) is 2.20. The highest BCUT2D eigenvalue weighted by Crippen LogP contribution is 2.16. The number of nitrogens with zero attached hydrogens (tertiary/aromatic N) is 1. The molecule has 106 valence electrons. The monoisotopic (exact) mass is 283 g/mol. The lowest BCUT2D eigenvalue weighted by Crippen LogP contribution is -2.24. The fourth-order valence-corrected chi connectivity index (χ4v) is 2.19. The number of hydrogen-bond donors (Lipinski definition) is 0. The van der Waals surface area contributed by atoms with Gasteiger partial charge in [0.05, 0.1) is 7.11 Å². The fourth-order valence-electron chi connectivity index (χ4n) is 1.98. The van der Waals surface area contributed by atoms with Crippen LogP contribution < -0.4 is 4.90 Å². The van der Waals surface area contributed by atoms with E-state index in [1.54, 1.807) is 0 Å². The molecule has 0 unspecified atom stereocenters. The van der Waals surface area contributed by atoms with Gasteiger partial charge in [-0.05, 0) is 37.5 Å². The molecule has 3 nitrogen and oxygen atoms in total. The number of ether oxygens (including phenoxy) is 1. The quantitative estimate of drug-likeness (QED) is 0.542. The van der Waals surface area contributed by atoms with E-state index in [2.05, 4.69) is 40.8 Å². The van der Waals surface area contributed by atoms with Gasteiger partial charge in [-0.15, -0.1) is 11.6 Å². The molecule has 1 aromatic carbocycles. The Morgan fingerprint density at radius 3 is 2.53 bits per heavy atom. The van der Waals surface area contributed by atoms with Crippen molar-refractivity contribution >= 4 is 23.3 Å². The number of esters is 1. The Kier molecular flexibility index (Phi) is 7.34. The smallest absolute Gasteiger partial charge is 0.305 e. The van der Waals surface area contributed by atoms with E-state index in [1.165, 1.54) is 18.4 Å². The molecule has 0 aliphatic heterocycles. The van der Waals surface area contributed by atoms with Crippen molar-refractivity contribution in [2.45, 2.75) is 26.2 Å². The lowest BCUT2D eigenvalue weighted by molar-refractivity contribution is -0.140. The number of carbonyl (C=O) groups excluding carboxylic acids is 1. The van der Waals surface area contributed by atoms with E-state index in [9.17, 15) is 4.79 Å². The number of aryl methyl sites for hydroxylation is 1. The van der Waals surface area contributed by atoms with Gasteiger partial charge in [-0.25, -0.2) is 0 Å². The van der Waals surface area contributed by atoms with Gasteiger partial charge in [-0.2, -0.15) is 0 Å². The summed E-state index contributed by atoms with van der Waals surface area (Å²) < 4.78 is 4.62. The van der Waals surface area contributed by atoms with Gasteiger partial charge in [0.15, 0.2) is 0 Å². The van der Waals surface area contributed by atoms with Crippen LogP contribution in [-0.2, 0) is 16.0 Å². The van der Waals surface area contributed by atoms with Crippen LogP contribution in [0.15, 0.2) is 24.3 Å². The summed E-state index contributed by atoms with van der Waals surface area (Å²) in [4.78, 5) is 13.3. The third kappa shape index (κ3) is 5.52. The van der Waals surface area contributed by atoms with Crippen molar-refractivity contribution in [1.82, 2.24) is 0 Å². The Morgan fingerprint density at radius 1 is 1.32 bits per heavy atom. The van der Waals surface area contributed by atoms with Crippen molar-refractivity contribution in [3.05, 3.63) is 29.8 Å². The van der Waals surface area contributed by atoms with E-state index in [0.29, 0.717) is 12.3 Å². The van der Waals surface area contributed by atoms with Gasteiger partial charge in [0.25, 0.3) is 0 Å². The number of halogens is 1. The van der Waals surface area contributed by atoms with Crippen molar-refractivity contribution < 1.29 is 9.53 Å². The number of rotatable bonds is 8. The van der Waals surface area contributed by atoms with E-state index in [0.717, 1.165) is 25.9 Å². The van der Waals surface area contributed by atoms with Crippen molar-refractivity contribution in [1.29, 1.82) is 0 Å². The normalized spacial score (nSPS) is 10.3. The van der Waals surface area contributed by atoms with Crippen molar-refractivity contribution in [3.63, 3.8) is 0 Å². The number of hydrogen-bond acceptors (Lipinski definition) is 3. The third-order valence-electron chi connectivity index (χ3n) is 3.11. The molecular formula is C15H22ClNO2. The molecule has 0 spiro atoms. The van der Waals surface area contributed by atoms with Gasteiger partial charge in [0.2, 0.25) is 0 Å². The number of alkyl halides is 1. The SMILES string of the molecule is CCN(CCCl)c1ccc(CCCC(=O)OC)cc1. The Hall–Kier alpha value is -1.22. The third-order valence-corrected chi connectivity index (χ3v) is 3.28. The van der Waals surface area contributed by atoms with Crippen LogP contribution in [0.1, 0.15) is 25.3 Å². The van der Waals surface area contributed by atoms with E-state index in [1.807, 2.05) is 0 Å². The molecule has 1 aromatic rings. The second-order valence-electron chi connectivity index (χ2n) is 4.36. The van der Waals surface area contributed by atoms with Crippen LogP contribution in [0.2, 0.25) is 0 Å². The molecule has 0 atom stereocenters. The van der Waals surface area contributed by atoms with Crippen LogP contribution in [0.4, 0.5) is 5.69 Å². The average molecular weight is 284 g/mol. The summed E-state index contributed by atoms with van der Waals surface area (Å²) >= 11 is 5.78. The molecule has 1 rings (SSSR count). The second kappa shape index (κ2) is 8.81. The fraction of sp³-hybridized carbons (Fsp3) is 0.533. The lowest BCUT2D eigenvalue weighted by atomic mass is 10.1. The summed E-state index contributed by atoms with van der Waals surface area (Å²) in [7, 11) is 1.42. The topological polar surface area (TPSA) is 29.5 Å². The molecule has 0 heterocycles. The van der Waals surface area contributed by atoms with E-state index < -0.39 is 0 Å². The standard InChI is InChI=1S/C15H22ClNO2/c1-3-17(12-11-16)14-9-7-13(8-10-14)5-4-6-15(18)19-2/h7-10H,3-6,11-12H2,1-2H3. The zero-order chi connectivity index (χ0) is 14.1. The highest BCUT2D eigenvalue weighted by Gasteiger charge is 2.04. The molecule has 0 aromatic heterocycles. The van der Waals surface area contributed by atoms with Gasteiger partial charge >= 0.3 is 5.97 Å². The van der Waals surface area contributed by atoms with E-state index in [4.69, 9.17) is 11.6 Å². The minimum Gasteiger partial charge on any atom is -0.469 e. The number of carbonyl (C=O) groups is 1. The Labute approximate surface area is 120 Å². The first-order valence-corrected chi connectivity index (χ1v) is 7.21. The van der Waals surface area contributed by atoms with Gasteiger partial charge < -0.3 is 9.64 Å². The number of anilines is 1. The van der Waals surface area contributed by atoms with Gasteiger partial charge in [-0.1, -0.05) is 12.1 Å². The Balaban J connectivity index is 2.49. The minimum atomic E-state index is -0.143. The van der Waals surface area contributed by atoms with Crippen LogP contribution in [0.5, 0.6) is 0 Å². The second-order valence-corrected chi connectivity index (χ2v) is 4.74. The first-order valence-electron chi connectivity index (χ1n) is 6.68. The largest absolute Gasteiger partial charge is 0.469 e. The zero-order valence-electron chi connectivity index (χ0n) is 11.7. The van der Waals surface area contributed by atoms with Gasteiger partial charge in [-0.3, -0.25) is 4.79 Å². The molecule has 4 heteroatoms. The van der Waals surface area contributed by atoms with E-state index in [-0.39, 0.29) is 5.97 Å². The summed E-state index contributed by atoms with van der Waals surface area (Å²) in [6, 6.07) is 8.46. The average Bonchev–Trinajstić information content (AvgIpc) is 2.45. The molecule has 0 saturated heterocycles. The predicted molar refractivity (Wildman–Crippen MR) is 80.0 cm³/mol. The highest BCUT2D eigenvalue weighted by atomic mass is 35.5. The summed E-state index contributed by atoms with van der Waals surface area (Å²) in [5, 5.41) is 0. The van der Waals surface area contributed by atoms with Crippen molar-refractivity contribution in [2.24, 2.45) is 0 Å². The van der Waals surface area contributed by atoms with Crippen LogP contribution >= 0.6 is 11.6 Å². The maximum absolute atomic E-state index is 11.0. The van der Waals surface area contributed by atoms with Crippen LogP contribution in [0.3, 0.4) is 0 Å². The molecule has 0 bridgehead atoms. The Morgan fingerprint density at radius 2 is 2.00 bits per heavy atom. The van der Waals surface area contributed by atoms with Crippen LogP contribution in [0.25, 0.3) is 0 Å². The lowest BCUT2D eigenvalue weighted by Gasteiger charge is -2.22. The highest BCUT2D eigenvalue weighted by molar-refractivity contribution is 6.18. The molecule has 0 aliphatic carbocycles. The van der Waals surface area contributed by atoms with Gasteiger partial charge in [0, 0.05) is 31.1 Å². The summed E-state index contributed by atoms with van der Waals surface area (Å²) in [5.74, 6) is 0.491. The summed E-state index contributed by atoms with van der Waals surface area (Å²) in [5.41, 5.74) is 2.44. The molecule has 0 saturated carbocycles. The molecule has 0 aliphatic rings. The number of methoxy groups -OCH3 is 1. The van der Waals surface area contributed by atoms with Crippen LogP contribution in [0, 0.1) is 0 Å². The van der Waals surface area contributed by atoms with Gasteiger partial charge in [0.1, 0.15) is 0 Å². The molecule has 0 amide bonds. The summed E-state index contributed by atoms with van der Waals surface area (Å²) in [6.45, 7) is 3.94. The molecule has 0 radical (unpaired) electrons. The first-order chi connectivity index (χ1) is 9.21. The minimum absolute atomic E-state index is 0.143. The molecular weight excluding hydrogens is 262 g/mol. The number of benzene rings is 1. The maximum atomic E-state index is 11.0. The van der Waals surface area contributed by atoms with Crippen LogP contribution in [-0.4, -0.2) is 32.0 Å². The zero-order valence-corrected chi connectivity index (χ0v) is 12.4. The predicted octanol–water partition coefficient (Wildman–Crippen LogP) is 3.25. The Bertz CT molecular complexity index is 378. The molecule has 19 heavy (non-hydrogen) atoms. The van der Waals surface area contributed by atoms with E-state index >= 15 is 0 Å².